The van der Waals surface area contributed by atoms with E-state index in [1.54, 1.807) is 48.1 Å². The Balaban J connectivity index is 1.45. The molecule has 0 radical (unpaired) electrons. The first-order valence-corrected chi connectivity index (χ1v) is 11.1. The minimum Gasteiger partial charge on any atom is -0.462 e. The van der Waals surface area contributed by atoms with Crippen molar-refractivity contribution in [1.82, 2.24) is 14.6 Å². The molecule has 0 spiro atoms. The highest BCUT2D eigenvalue weighted by molar-refractivity contribution is 8.00. The van der Waals surface area contributed by atoms with Gasteiger partial charge in [-0.3, -0.25) is 4.79 Å². The molecule has 0 fully saturated rings. The monoisotopic (exact) mass is 446 g/mol. The van der Waals surface area contributed by atoms with Gasteiger partial charge in [-0.1, -0.05) is 47.7 Å². The Morgan fingerprint density at radius 1 is 1.12 bits per heavy atom. The van der Waals surface area contributed by atoms with Crippen LogP contribution in [-0.2, 0) is 9.53 Å². The van der Waals surface area contributed by atoms with E-state index in [1.807, 2.05) is 25.1 Å². The second kappa shape index (κ2) is 9.65. The molecule has 4 rings (SSSR count). The van der Waals surface area contributed by atoms with Crippen LogP contribution in [0.5, 0.6) is 0 Å². The van der Waals surface area contributed by atoms with Crippen molar-refractivity contribution in [3.63, 3.8) is 0 Å². The number of nitrogens with zero attached hydrogens (tertiary/aromatic N) is 3. The first-order chi connectivity index (χ1) is 15.5. The fourth-order valence-corrected chi connectivity index (χ4v) is 3.92. The molecule has 2 aromatic heterocycles. The highest BCUT2D eigenvalue weighted by Gasteiger charge is 2.13. The minimum absolute atomic E-state index is 0.168. The van der Waals surface area contributed by atoms with E-state index in [4.69, 9.17) is 4.74 Å². The molecule has 0 aliphatic heterocycles. The van der Waals surface area contributed by atoms with Gasteiger partial charge in [0, 0.05) is 23.6 Å². The van der Waals surface area contributed by atoms with Crippen molar-refractivity contribution in [2.75, 3.05) is 17.7 Å². The van der Waals surface area contributed by atoms with Gasteiger partial charge >= 0.3 is 5.97 Å². The fraction of sp³-hybridized carbons (Fsp3) is 0.167. The normalized spacial score (nSPS) is 10.8. The summed E-state index contributed by atoms with van der Waals surface area (Å²) in [6.07, 6.45) is 3.46. The highest BCUT2D eigenvalue weighted by Crippen LogP contribution is 2.26. The number of carbonyl (C=O) groups excluding carboxylic acids is 2. The number of aromatic nitrogens is 3. The van der Waals surface area contributed by atoms with Gasteiger partial charge in [-0.2, -0.15) is 5.10 Å². The van der Waals surface area contributed by atoms with Crippen LogP contribution in [0.15, 0.2) is 72.0 Å². The Hall–Kier alpha value is -3.65. The van der Waals surface area contributed by atoms with Crippen LogP contribution in [0.1, 0.15) is 22.8 Å². The lowest BCUT2D eigenvalue weighted by molar-refractivity contribution is -0.113. The Labute approximate surface area is 189 Å². The molecule has 2 aromatic carbocycles. The molecule has 1 amide bonds. The summed E-state index contributed by atoms with van der Waals surface area (Å²) in [5.41, 5.74) is 4.83. The van der Waals surface area contributed by atoms with Gasteiger partial charge in [0.1, 0.15) is 5.03 Å². The average Bonchev–Trinajstić information content (AvgIpc) is 3.23. The van der Waals surface area contributed by atoms with Crippen LogP contribution in [0.2, 0.25) is 0 Å². The molecule has 0 aliphatic carbocycles. The number of fused-ring (bicyclic) bond motifs is 1. The lowest BCUT2D eigenvalue weighted by Crippen LogP contribution is -2.15. The van der Waals surface area contributed by atoms with Gasteiger partial charge in [0.25, 0.3) is 0 Å². The SMILES string of the molecule is CCOC(=O)c1cccc(NC(=O)CSc2nccn3nc(-c4ccc(C)cc4)cc23)c1. The number of nitrogens with one attached hydrogen (secondary N) is 1. The highest BCUT2D eigenvalue weighted by atomic mass is 32.2. The molecule has 7 nitrogen and oxygen atoms in total. The summed E-state index contributed by atoms with van der Waals surface area (Å²) >= 11 is 1.33. The van der Waals surface area contributed by atoms with E-state index in [-0.39, 0.29) is 11.7 Å². The average molecular weight is 447 g/mol. The summed E-state index contributed by atoms with van der Waals surface area (Å²) in [4.78, 5) is 28.8. The zero-order valence-corrected chi connectivity index (χ0v) is 18.6. The molecule has 0 bridgehead atoms. The lowest BCUT2D eigenvalue weighted by Gasteiger charge is -2.07. The predicted octanol–water partition coefficient (Wildman–Crippen LogP) is 4.61. The molecule has 0 saturated carbocycles. The smallest absolute Gasteiger partial charge is 0.338 e. The molecule has 32 heavy (non-hydrogen) atoms. The number of aryl methyl sites for hydroxylation is 1. The number of hydrogen-bond acceptors (Lipinski definition) is 6. The Morgan fingerprint density at radius 3 is 2.72 bits per heavy atom. The van der Waals surface area contributed by atoms with Crippen molar-refractivity contribution in [1.29, 1.82) is 0 Å². The van der Waals surface area contributed by atoms with Crippen molar-refractivity contribution >= 4 is 34.8 Å². The Bertz CT molecular complexity index is 1270. The molecule has 0 saturated heterocycles. The standard InChI is InChI=1S/C24H22N4O3S/c1-3-31-24(30)18-5-4-6-19(13-18)26-22(29)15-32-23-21-14-20(27-28(21)12-11-25-23)17-9-7-16(2)8-10-17/h4-14H,3,15H2,1-2H3,(H,26,29). The Kier molecular flexibility index (Phi) is 6.51. The number of ether oxygens (including phenoxy) is 1. The second-order valence-corrected chi connectivity index (χ2v) is 8.06. The van der Waals surface area contributed by atoms with Gasteiger partial charge in [0.15, 0.2) is 0 Å². The summed E-state index contributed by atoms with van der Waals surface area (Å²) in [6, 6.07) is 16.8. The lowest BCUT2D eigenvalue weighted by atomic mass is 10.1. The van der Waals surface area contributed by atoms with E-state index in [2.05, 4.69) is 27.5 Å². The zero-order chi connectivity index (χ0) is 22.5. The molecule has 0 unspecified atom stereocenters. The molecule has 2 heterocycles. The predicted molar refractivity (Wildman–Crippen MR) is 125 cm³/mol. The Morgan fingerprint density at radius 2 is 1.94 bits per heavy atom. The van der Waals surface area contributed by atoms with Crippen molar-refractivity contribution < 1.29 is 14.3 Å². The summed E-state index contributed by atoms with van der Waals surface area (Å²) in [6.45, 7) is 4.09. The molecule has 162 valence electrons. The van der Waals surface area contributed by atoms with E-state index in [0.29, 0.717) is 22.9 Å². The molecule has 1 N–H and O–H groups in total. The third kappa shape index (κ3) is 4.97. The van der Waals surface area contributed by atoms with Crippen molar-refractivity contribution in [2.45, 2.75) is 18.9 Å². The topological polar surface area (TPSA) is 85.6 Å². The molecule has 0 atom stereocenters. The van der Waals surface area contributed by atoms with Gasteiger partial charge in [0.05, 0.1) is 29.1 Å². The van der Waals surface area contributed by atoms with Gasteiger partial charge in [-0.15, -0.1) is 0 Å². The van der Waals surface area contributed by atoms with Crippen LogP contribution in [0.25, 0.3) is 16.8 Å². The van der Waals surface area contributed by atoms with Crippen LogP contribution >= 0.6 is 11.8 Å². The fourth-order valence-electron chi connectivity index (χ4n) is 3.14. The third-order valence-corrected chi connectivity index (χ3v) is 5.69. The van der Waals surface area contributed by atoms with Crippen LogP contribution in [0, 0.1) is 6.92 Å². The van der Waals surface area contributed by atoms with Gasteiger partial charge in [0.2, 0.25) is 5.91 Å². The maximum atomic E-state index is 12.5. The summed E-state index contributed by atoms with van der Waals surface area (Å²) in [5, 5.41) is 8.16. The third-order valence-electron chi connectivity index (χ3n) is 4.70. The van der Waals surface area contributed by atoms with Crippen LogP contribution in [0.4, 0.5) is 5.69 Å². The van der Waals surface area contributed by atoms with E-state index in [0.717, 1.165) is 16.8 Å². The van der Waals surface area contributed by atoms with E-state index < -0.39 is 5.97 Å². The molecular formula is C24H22N4O3S. The van der Waals surface area contributed by atoms with Crippen molar-refractivity contribution in [3.05, 3.63) is 78.1 Å². The molecule has 8 heteroatoms. The molecular weight excluding hydrogens is 424 g/mol. The van der Waals surface area contributed by atoms with E-state index in [9.17, 15) is 9.59 Å². The second-order valence-electron chi connectivity index (χ2n) is 7.10. The number of hydrogen-bond donors (Lipinski definition) is 1. The van der Waals surface area contributed by atoms with E-state index >= 15 is 0 Å². The van der Waals surface area contributed by atoms with Crippen molar-refractivity contribution in [3.8, 4) is 11.3 Å². The van der Waals surface area contributed by atoms with Crippen LogP contribution in [-0.4, -0.2) is 38.8 Å². The summed E-state index contributed by atoms with van der Waals surface area (Å²) in [7, 11) is 0. The van der Waals surface area contributed by atoms with Crippen LogP contribution in [0.3, 0.4) is 0 Å². The first-order valence-electron chi connectivity index (χ1n) is 10.1. The first kappa shape index (κ1) is 21.6. The number of thioether (sulfide) groups is 1. The quantitative estimate of drug-likeness (QED) is 0.330. The maximum absolute atomic E-state index is 12.5. The van der Waals surface area contributed by atoms with Gasteiger partial charge in [-0.25, -0.2) is 14.3 Å². The zero-order valence-electron chi connectivity index (χ0n) is 17.7. The van der Waals surface area contributed by atoms with Crippen LogP contribution < -0.4 is 5.32 Å². The number of carbonyl (C=O) groups is 2. The summed E-state index contributed by atoms with van der Waals surface area (Å²) < 4.78 is 6.77. The largest absolute Gasteiger partial charge is 0.462 e. The molecule has 4 aromatic rings. The number of esters is 1. The maximum Gasteiger partial charge on any atom is 0.338 e. The van der Waals surface area contributed by atoms with Crippen molar-refractivity contribution in [2.24, 2.45) is 0 Å². The molecule has 0 aliphatic rings. The number of amides is 1. The van der Waals surface area contributed by atoms with Gasteiger partial charge < -0.3 is 10.1 Å². The number of anilines is 1. The van der Waals surface area contributed by atoms with E-state index in [1.165, 1.54) is 17.3 Å². The number of benzene rings is 2. The minimum atomic E-state index is -0.418. The number of rotatable bonds is 7. The van der Waals surface area contributed by atoms with Gasteiger partial charge in [-0.05, 0) is 38.1 Å². The summed E-state index contributed by atoms with van der Waals surface area (Å²) in [5.74, 6) is -0.446.